The molecule has 1 rings (SSSR count). The minimum Gasteiger partial charge on any atom is -0.497 e. The van der Waals surface area contributed by atoms with E-state index in [9.17, 15) is 0 Å². The van der Waals surface area contributed by atoms with E-state index in [2.05, 4.69) is 45.1 Å². The maximum atomic E-state index is 5.24. The second-order valence-electron chi connectivity index (χ2n) is 5.18. The van der Waals surface area contributed by atoms with Gasteiger partial charge in [0.25, 0.3) is 0 Å². The molecule has 2 heteroatoms. The van der Waals surface area contributed by atoms with Gasteiger partial charge in [0.15, 0.2) is 0 Å². The Hall–Kier alpha value is -1.18. The molecule has 2 atom stereocenters. The average Bonchev–Trinajstić information content (AvgIpc) is 2.39. The van der Waals surface area contributed by atoms with Gasteiger partial charge in [0, 0.05) is 11.7 Å². The number of ether oxygens (including phenoxy) is 1. The molecule has 1 aromatic carbocycles. The summed E-state index contributed by atoms with van der Waals surface area (Å²) in [5.41, 5.74) is 2.47. The molecule has 0 saturated carbocycles. The Morgan fingerprint density at radius 2 is 1.94 bits per heavy atom. The molecule has 0 radical (unpaired) electrons. The van der Waals surface area contributed by atoms with E-state index in [4.69, 9.17) is 4.74 Å². The lowest BCUT2D eigenvalue weighted by Crippen LogP contribution is -2.21. The zero-order valence-electron chi connectivity index (χ0n) is 12.4. The Morgan fingerprint density at radius 3 is 2.44 bits per heavy atom. The van der Waals surface area contributed by atoms with Crippen LogP contribution in [0.25, 0.3) is 0 Å². The fraction of sp³-hybridized carbons (Fsp3) is 0.625. The van der Waals surface area contributed by atoms with Crippen molar-refractivity contribution in [3.05, 3.63) is 23.8 Å². The Kier molecular flexibility index (Phi) is 6.03. The highest BCUT2D eigenvalue weighted by molar-refractivity contribution is 5.54. The summed E-state index contributed by atoms with van der Waals surface area (Å²) in [5.74, 6) is 1.70. The van der Waals surface area contributed by atoms with E-state index in [-0.39, 0.29) is 0 Å². The van der Waals surface area contributed by atoms with Crippen molar-refractivity contribution >= 4 is 5.69 Å². The van der Waals surface area contributed by atoms with Gasteiger partial charge in [-0.05, 0) is 49.4 Å². The second-order valence-corrected chi connectivity index (χ2v) is 5.18. The molecule has 2 nitrogen and oxygen atoms in total. The minimum absolute atomic E-state index is 0.562. The van der Waals surface area contributed by atoms with Crippen LogP contribution in [-0.4, -0.2) is 13.2 Å². The Balaban J connectivity index is 2.69. The first-order valence-electron chi connectivity index (χ1n) is 7.01. The molecule has 18 heavy (non-hydrogen) atoms. The summed E-state index contributed by atoms with van der Waals surface area (Å²) < 4.78 is 5.24. The molecule has 0 bridgehead atoms. The summed E-state index contributed by atoms with van der Waals surface area (Å²) in [7, 11) is 1.71. The number of hydrogen-bond acceptors (Lipinski definition) is 2. The summed E-state index contributed by atoms with van der Waals surface area (Å²) in [5, 5.41) is 3.66. The van der Waals surface area contributed by atoms with Gasteiger partial charge in [-0.3, -0.25) is 0 Å². The maximum Gasteiger partial charge on any atom is 0.119 e. The number of hydrogen-bond donors (Lipinski definition) is 1. The number of rotatable bonds is 7. The van der Waals surface area contributed by atoms with Crippen LogP contribution in [0.3, 0.4) is 0 Å². The lowest BCUT2D eigenvalue weighted by molar-refractivity contribution is 0.414. The average molecular weight is 249 g/mol. The number of methoxy groups -OCH3 is 1. The van der Waals surface area contributed by atoms with Crippen molar-refractivity contribution < 1.29 is 4.74 Å². The molecule has 0 heterocycles. The highest BCUT2D eigenvalue weighted by atomic mass is 16.5. The van der Waals surface area contributed by atoms with E-state index in [1.807, 2.05) is 6.07 Å². The van der Waals surface area contributed by atoms with Crippen molar-refractivity contribution in [1.29, 1.82) is 0 Å². The molecule has 102 valence electrons. The van der Waals surface area contributed by atoms with Crippen molar-refractivity contribution in [3.63, 3.8) is 0 Å². The third kappa shape index (κ3) is 4.25. The van der Waals surface area contributed by atoms with Gasteiger partial charge in [0.05, 0.1) is 7.11 Å². The van der Waals surface area contributed by atoms with Crippen molar-refractivity contribution in [2.24, 2.45) is 5.92 Å². The Bertz CT molecular complexity index is 362. The van der Waals surface area contributed by atoms with Gasteiger partial charge in [0.2, 0.25) is 0 Å². The zero-order chi connectivity index (χ0) is 13.5. The quantitative estimate of drug-likeness (QED) is 0.760. The molecule has 0 saturated heterocycles. The van der Waals surface area contributed by atoms with Crippen LogP contribution in [0, 0.1) is 12.8 Å². The smallest absolute Gasteiger partial charge is 0.119 e. The van der Waals surface area contributed by atoms with Crippen LogP contribution in [0.1, 0.15) is 45.6 Å². The third-order valence-corrected chi connectivity index (χ3v) is 3.67. The SMILES string of the molecule is CCC(C)CC(CC)Nc1ccc(OC)cc1C. The molecule has 2 unspecified atom stereocenters. The van der Waals surface area contributed by atoms with E-state index in [1.165, 1.54) is 24.1 Å². The Morgan fingerprint density at radius 1 is 1.22 bits per heavy atom. The first-order chi connectivity index (χ1) is 8.60. The molecular formula is C16H27NO. The molecule has 0 amide bonds. The molecule has 0 aromatic heterocycles. The monoisotopic (exact) mass is 249 g/mol. The second kappa shape index (κ2) is 7.30. The van der Waals surface area contributed by atoms with Crippen LogP contribution in [-0.2, 0) is 0 Å². The van der Waals surface area contributed by atoms with Crippen LogP contribution in [0.15, 0.2) is 18.2 Å². The maximum absolute atomic E-state index is 5.24. The predicted molar refractivity (Wildman–Crippen MR) is 79.5 cm³/mol. The number of aryl methyl sites for hydroxylation is 1. The van der Waals surface area contributed by atoms with Crippen molar-refractivity contribution in [2.45, 2.75) is 53.0 Å². The summed E-state index contributed by atoms with van der Waals surface area (Å²) in [4.78, 5) is 0. The molecule has 0 spiro atoms. The van der Waals surface area contributed by atoms with Gasteiger partial charge >= 0.3 is 0 Å². The normalized spacial score (nSPS) is 14.1. The fourth-order valence-corrected chi connectivity index (χ4v) is 2.13. The minimum atomic E-state index is 0.562. The highest BCUT2D eigenvalue weighted by Gasteiger charge is 2.11. The lowest BCUT2D eigenvalue weighted by Gasteiger charge is -2.22. The number of benzene rings is 1. The lowest BCUT2D eigenvalue weighted by atomic mass is 9.97. The van der Waals surface area contributed by atoms with Gasteiger partial charge in [-0.2, -0.15) is 0 Å². The van der Waals surface area contributed by atoms with Crippen LogP contribution in [0.5, 0.6) is 5.75 Å². The van der Waals surface area contributed by atoms with E-state index >= 15 is 0 Å². The summed E-state index contributed by atoms with van der Waals surface area (Å²) >= 11 is 0. The van der Waals surface area contributed by atoms with E-state index in [1.54, 1.807) is 7.11 Å². The van der Waals surface area contributed by atoms with Crippen LogP contribution < -0.4 is 10.1 Å². The molecule has 0 aliphatic rings. The molecule has 0 aliphatic heterocycles. The number of anilines is 1. The zero-order valence-corrected chi connectivity index (χ0v) is 12.4. The summed E-state index contributed by atoms with van der Waals surface area (Å²) in [6.07, 6.45) is 3.65. The standard InChI is InChI=1S/C16H27NO/c1-6-12(3)10-14(7-2)17-16-9-8-15(18-5)11-13(16)4/h8-9,11-12,14,17H,6-7,10H2,1-5H3. The van der Waals surface area contributed by atoms with Gasteiger partial charge in [0.1, 0.15) is 5.75 Å². The van der Waals surface area contributed by atoms with E-state index in [0.717, 1.165) is 18.1 Å². The van der Waals surface area contributed by atoms with Crippen LogP contribution in [0.2, 0.25) is 0 Å². The van der Waals surface area contributed by atoms with Gasteiger partial charge in [-0.1, -0.05) is 27.2 Å². The van der Waals surface area contributed by atoms with Crippen LogP contribution >= 0.6 is 0 Å². The van der Waals surface area contributed by atoms with Crippen molar-refractivity contribution in [1.82, 2.24) is 0 Å². The molecule has 0 aliphatic carbocycles. The highest BCUT2D eigenvalue weighted by Crippen LogP contribution is 2.24. The predicted octanol–water partition coefficient (Wildman–Crippen LogP) is 4.63. The molecule has 0 fully saturated rings. The van der Waals surface area contributed by atoms with E-state index < -0.39 is 0 Å². The third-order valence-electron chi connectivity index (χ3n) is 3.67. The van der Waals surface area contributed by atoms with Gasteiger partial charge in [-0.25, -0.2) is 0 Å². The molecule has 1 aromatic rings. The summed E-state index contributed by atoms with van der Waals surface area (Å²) in [6, 6.07) is 6.78. The van der Waals surface area contributed by atoms with Crippen molar-refractivity contribution in [2.75, 3.05) is 12.4 Å². The van der Waals surface area contributed by atoms with E-state index in [0.29, 0.717) is 6.04 Å². The van der Waals surface area contributed by atoms with Gasteiger partial charge in [-0.15, -0.1) is 0 Å². The summed E-state index contributed by atoms with van der Waals surface area (Å²) in [6.45, 7) is 8.96. The topological polar surface area (TPSA) is 21.3 Å². The molecule has 1 N–H and O–H groups in total. The van der Waals surface area contributed by atoms with Crippen LogP contribution in [0.4, 0.5) is 5.69 Å². The van der Waals surface area contributed by atoms with Gasteiger partial charge < -0.3 is 10.1 Å². The largest absolute Gasteiger partial charge is 0.497 e. The molecular weight excluding hydrogens is 222 g/mol. The first kappa shape index (κ1) is 14.9. The Labute approximate surface area is 112 Å². The first-order valence-corrected chi connectivity index (χ1v) is 7.01. The van der Waals surface area contributed by atoms with Crippen molar-refractivity contribution in [3.8, 4) is 5.75 Å². The number of nitrogens with one attached hydrogen (secondary N) is 1. The fourth-order valence-electron chi connectivity index (χ4n) is 2.13.